The predicted octanol–water partition coefficient (Wildman–Crippen LogP) is 1.96. The lowest BCUT2D eigenvalue weighted by atomic mass is 10.0. The smallest absolute Gasteiger partial charge is 0.0588 e. The Kier molecular flexibility index (Phi) is 5.07. The van der Waals surface area contributed by atoms with E-state index in [2.05, 4.69) is 12.2 Å². The van der Waals surface area contributed by atoms with E-state index in [0.717, 1.165) is 32.2 Å². The Bertz CT molecular complexity index is 192. The van der Waals surface area contributed by atoms with Gasteiger partial charge in [0.1, 0.15) is 0 Å². The van der Waals surface area contributed by atoms with Gasteiger partial charge in [0.15, 0.2) is 0 Å². The molecule has 3 heteroatoms. The summed E-state index contributed by atoms with van der Waals surface area (Å²) in [6.07, 6.45) is 7.22. The molecule has 0 bridgehead atoms. The molecule has 3 unspecified atom stereocenters. The van der Waals surface area contributed by atoms with Crippen molar-refractivity contribution in [1.29, 1.82) is 0 Å². The molecule has 0 aliphatic carbocycles. The van der Waals surface area contributed by atoms with Gasteiger partial charge in [-0.1, -0.05) is 0 Å². The zero-order valence-corrected chi connectivity index (χ0v) is 10.4. The molecule has 2 fully saturated rings. The lowest BCUT2D eigenvalue weighted by Crippen LogP contribution is -2.28. The summed E-state index contributed by atoms with van der Waals surface area (Å²) in [5, 5.41) is 3.55. The van der Waals surface area contributed by atoms with Gasteiger partial charge in [0.2, 0.25) is 0 Å². The van der Waals surface area contributed by atoms with Gasteiger partial charge in [-0.25, -0.2) is 0 Å². The highest BCUT2D eigenvalue weighted by atomic mass is 16.5. The van der Waals surface area contributed by atoms with E-state index in [-0.39, 0.29) is 0 Å². The van der Waals surface area contributed by atoms with Gasteiger partial charge in [0.25, 0.3) is 0 Å². The van der Waals surface area contributed by atoms with E-state index >= 15 is 0 Å². The van der Waals surface area contributed by atoms with E-state index in [0.29, 0.717) is 12.2 Å². The molecule has 1 N–H and O–H groups in total. The molecule has 2 heterocycles. The van der Waals surface area contributed by atoms with Crippen molar-refractivity contribution in [3.05, 3.63) is 0 Å². The van der Waals surface area contributed by atoms with Crippen LogP contribution in [0.3, 0.4) is 0 Å². The molecular weight excluding hydrogens is 202 g/mol. The average molecular weight is 227 g/mol. The van der Waals surface area contributed by atoms with Crippen LogP contribution in [0.1, 0.15) is 39.0 Å². The van der Waals surface area contributed by atoms with Gasteiger partial charge in [0.05, 0.1) is 12.2 Å². The van der Waals surface area contributed by atoms with Crippen molar-refractivity contribution >= 4 is 0 Å². The maximum Gasteiger partial charge on any atom is 0.0588 e. The lowest BCUT2D eigenvalue weighted by Gasteiger charge is -2.15. The van der Waals surface area contributed by atoms with Gasteiger partial charge in [-0.2, -0.15) is 0 Å². The van der Waals surface area contributed by atoms with Crippen molar-refractivity contribution in [2.75, 3.05) is 26.3 Å². The quantitative estimate of drug-likeness (QED) is 0.704. The molecule has 0 aromatic heterocycles. The van der Waals surface area contributed by atoms with Crippen LogP contribution < -0.4 is 5.32 Å². The Balaban J connectivity index is 1.45. The Hall–Kier alpha value is -0.120. The Labute approximate surface area is 98.9 Å². The first-order valence-corrected chi connectivity index (χ1v) is 6.80. The van der Waals surface area contributed by atoms with Crippen LogP contribution in [0.5, 0.6) is 0 Å². The summed E-state index contributed by atoms with van der Waals surface area (Å²) >= 11 is 0. The zero-order valence-electron chi connectivity index (χ0n) is 10.4. The molecule has 3 nitrogen and oxygen atoms in total. The third-order valence-electron chi connectivity index (χ3n) is 3.84. The summed E-state index contributed by atoms with van der Waals surface area (Å²) in [6, 6.07) is 0. The fourth-order valence-electron chi connectivity index (χ4n) is 2.66. The van der Waals surface area contributed by atoms with Gasteiger partial charge < -0.3 is 14.8 Å². The van der Waals surface area contributed by atoms with Crippen molar-refractivity contribution in [2.24, 2.45) is 5.92 Å². The summed E-state index contributed by atoms with van der Waals surface area (Å²) in [7, 11) is 0. The lowest BCUT2D eigenvalue weighted by molar-refractivity contribution is 0.100. The first-order valence-electron chi connectivity index (χ1n) is 6.80. The maximum atomic E-state index is 5.60. The van der Waals surface area contributed by atoms with E-state index in [9.17, 15) is 0 Å². The number of rotatable bonds is 6. The number of ether oxygens (including phenoxy) is 2. The van der Waals surface area contributed by atoms with E-state index < -0.39 is 0 Å². The number of hydrogen-bond acceptors (Lipinski definition) is 3. The van der Waals surface area contributed by atoms with Crippen LogP contribution in [-0.4, -0.2) is 38.5 Å². The second-order valence-corrected chi connectivity index (χ2v) is 5.11. The van der Waals surface area contributed by atoms with Gasteiger partial charge in [0, 0.05) is 19.8 Å². The third-order valence-corrected chi connectivity index (χ3v) is 3.84. The summed E-state index contributed by atoms with van der Waals surface area (Å²) < 4.78 is 11.1. The molecule has 0 radical (unpaired) electrons. The molecular formula is C13H25NO2. The van der Waals surface area contributed by atoms with Crippen LogP contribution in [0.25, 0.3) is 0 Å². The molecule has 0 spiro atoms. The van der Waals surface area contributed by atoms with E-state index in [4.69, 9.17) is 9.47 Å². The maximum absolute atomic E-state index is 5.60. The normalized spacial score (nSPS) is 34.7. The van der Waals surface area contributed by atoms with E-state index in [1.807, 2.05) is 0 Å². The largest absolute Gasteiger partial charge is 0.378 e. The van der Waals surface area contributed by atoms with E-state index in [1.165, 1.54) is 32.1 Å². The van der Waals surface area contributed by atoms with Crippen LogP contribution >= 0.6 is 0 Å². The second kappa shape index (κ2) is 6.58. The van der Waals surface area contributed by atoms with Gasteiger partial charge in [-0.05, 0) is 51.5 Å². The minimum Gasteiger partial charge on any atom is -0.378 e. The Morgan fingerprint density at radius 2 is 2.12 bits per heavy atom. The van der Waals surface area contributed by atoms with Gasteiger partial charge in [-0.15, -0.1) is 0 Å². The third kappa shape index (κ3) is 3.72. The Morgan fingerprint density at radius 3 is 2.81 bits per heavy atom. The van der Waals surface area contributed by atoms with Gasteiger partial charge in [-0.3, -0.25) is 0 Å². The highest BCUT2D eigenvalue weighted by Crippen LogP contribution is 2.19. The zero-order chi connectivity index (χ0) is 11.2. The number of hydrogen-bond donors (Lipinski definition) is 1. The molecule has 0 aromatic rings. The molecule has 2 aliphatic rings. The molecule has 3 atom stereocenters. The van der Waals surface area contributed by atoms with Gasteiger partial charge >= 0.3 is 0 Å². The molecule has 0 saturated carbocycles. The predicted molar refractivity (Wildman–Crippen MR) is 64.6 cm³/mol. The Morgan fingerprint density at radius 1 is 1.19 bits per heavy atom. The van der Waals surface area contributed by atoms with Crippen LogP contribution in [0.2, 0.25) is 0 Å². The summed E-state index contributed by atoms with van der Waals surface area (Å²) in [5.41, 5.74) is 0. The van der Waals surface area contributed by atoms with E-state index in [1.54, 1.807) is 0 Å². The SMILES string of the molecule is CC1OCCC1CNCCCC1CCCO1. The topological polar surface area (TPSA) is 30.5 Å². The minimum atomic E-state index is 0.450. The highest BCUT2D eigenvalue weighted by Gasteiger charge is 2.23. The molecule has 0 aromatic carbocycles. The molecule has 2 saturated heterocycles. The molecule has 2 rings (SSSR count). The first kappa shape index (κ1) is 12.3. The second-order valence-electron chi connectivity index (χ2n) is 5.11. The summed E-state index contributed by atoms with van der Waals surface area (Å²) in [6.45, 7) is 6.36. The summed E-state index contributed by atoms with van der Waals surface area (Å²) in [5.74, 6) is 0.725. The molecule has 0 amide bonds. The van der Waals surface area contributed by atoms with Crippen LogP contribution in [-0.2, 0) is 9.47 Å². The van der Waals surface area contributed by atoms with Crippen molar-refractivity contribution in [1.82, 2.24) is 5.32 Å². The average Bonchev–Trinajstić information content (AvgIpc) is 2.90. The highest BCUT2D eigenvalue weighted by molar-refractivity contribution is 4.74. The summed E-state index contributed by atoms with van der Waals surface area (Å²) in [4.78, 5) is 0. The standard InChI is InChI=1S/C13H25NO2/c1-11-12(6-9-15-11)10-14-7-2-4-13-5-3-8-16-13/h11-14H,2-10H2,1H3. The minimum absolute atomic E-state index is 0.450. The van der Waals surface area contributed by atoms with Crippen molar-refractivity contribution in [3.63, 3.8) is 0 Å². The molecule has 2 aliphatic heterocycles. The fourth-order valence-corrected chi connectivity index (χ4v) is 2.66. The van der Waals surface area contributed by atoms with Crippen LogP contribution in [0.15, 0.2) is 0 Å². The van der Waals surface area contributed by atoms with Crippen LogP contribution in [0, 0.1) is 5.92 Å². The monoisotopic (exact) mass is 227 g/mol. The van der Waals surface area contributed by atoms with Crippen molar-refractivity contribution < 1.29 is 9.47 Å². The van der Waals surface area contributed by atoms with Crippen molar-refractivity contribution in [2.45, 2.75) is 51.2 Å². The number of nitrogens with one attached hydrogen (secondary N) is 1. The fraction of sp³-hybridized carbons (Fsp3) is 1.00. The van der Waals surface area contributed by atoms with Crippen molar-refractivity contribution in [3.8, 4) is 0 Å². The molecule has 16 heavy (non-hydrogen) atoms. The molecule has 94 valence electrons. The van der Waals surface area contributed by atoms with Crippen LogP contribution in [0.4, 0.5) is 0 Å². The first-order chi connectivity index (χ1) is 7.86.